The van der Waals surface area contributed by atoms with Gasteiger partial charge < -0.3 is 20.0 Å². The van der Waals surface area contributed by atoms with Crippen molar-refractivity contribution in [3.63, 3.8) is 0 Å². The Kier molecular flexibility index (Phi) is 5.97. The Hall–Kier alpha value is -3.64. The summed E-state index contributed by atoms with van der Waals surface area (Å²) in [7, 11) is 3.90. The molecule has 4 rings (SSSR count). The molecule has 0 radical (unpaired) electrons. The molecule has 0 aliphatic carbocycles. The van der Waals surface area contributed by atoms with Gasteiger partial charge in [0.1, 0.15) is 11.5 Å². The number of likely N-dealkylation sites (tertiary alicyclic amines) is 1. The maximum atomic E-state index is 13.1. The van der Waals surface area contributed by atoms with Crippen molar-refractivity contribution in [3.05, 3.63) is 83.4 Å². The molecule has 1 unspecified atom stereocenters. The van der Waals surface area contributed by atoms with Gasteiger partial charge in [0.05, 0.1) is 17.2 Å². The number of hydrogen-bond donors (Lipinski definition) is 2. The first-order valence-electron chi connectivity index (χ1n) is 10.6. The van der Waals surface area contributed by atoms with Gasteiger partial charge in [-0.3, -0.25) is 9.59 Å². The zero-order valence-electron chi connectivity index (χ0n) is 18.2. The lowest BCUT2D eigenvalue weighted by atomic mass is 9.94. The van der Waals surface area contributed by atoms with E-state index < -0.39 is 17.7 Å². The topological polar surface area (TPSA) is 81.1 Å². The zero-order valence-corrected chi connectivity index (χ0v) is 18.2. The van der Waals surface area contributed by atoms with E-state index in [4.69, 9.17) is 0 Å². The molecule has 0 spiro atoms. The van der Waals surface area contributed by atoms with Crippen LogP contribution in [0.2, 0.25) is 0 Å². The summed E-state index contributed by atoms with van der Waals surface area (Å²) in [5, 5.41) is 23.4. The molecule has 1 saturated heterocycles. The van der Waals surface area contributed by atoms with Crippen LogP contribution in [0.1, 0.15) is 23.6 Å². The van der Waals surface area contributed by atoms with Gasteiger partial charge in [-0.15, -0.1) is 0 Å². The zero-order chi connectivity index (χ0) is 22.8. The molecule has 1 atom stereocenters. The van der Waals surface area contributed by atoms with Crippen LogP contribution in [0, 0.1) is 0 Å². The van der Waals surface area contributed by atoms with Gasteiger partial charge >= 0.3 is 0 Å². The molecule has 0 aromatic heterocycles. The van der Waals surface area contributed by atoms with Crippen LogP contribution >= 0.6 is 0 Å². The molecule has 3 aromatic carbocycles. The molecule has 6 nitrogen and oxygen atoms in total. The second-order valence-corrected chi connectivity index (χ2v) is 8.24. The second kappa shape index (κ2) is 8.85. The maximum absolute atomic E-state index is 13.1. The van der Waals surface area contributed by atoms with Gasteiger partial charge in [-0.05, 0) is 44.1 Å². The van der Waals surface area contributed by atoms with E-state index in [1.807, 2.05) is 61.5 Å². The molecule has 1 fully saturated rings. The maximum Gasteiger partial charge on any atom is 0.295 e. The largest absolute Gasteiger partial charge is 0.507 e. The summed E-state index contributed by atoms with van der Waals surface area (Å²) in [5.41, 5.74) is 0.867. The number of phenols is 1. The highest BCUT2D eigenvalue weighted by Crippen LogP contribution is 2.42. The number of fused-ring (bicyclic) bond motifs is 1. The number of carbonyl (C=O) groups excluding carboxylic acids is 2. The second-order valence-electron chi connectivity index (χ2n) is 8.24. The van der Waals surface area contributed by atoms with Crippen LogP contribution < -0.4 is 0 Å². The van der Waals surface area contributed by atoms with Crippen molar-refractivity contribution in [1.29, 1.82) is 0 Å². The molecule has 32 heavy (non-hydrogen) atoms. The lowest BCUT2D eigenvalue weighted by Gasteiger charge is -2.26. The van der Waals surface area contributed by atoms with E-state index in [-0.39, 0.29) is 22.6 Å². The van der Waals surface area contributed by atoms with Gasteiger partial charge in [-0.2, -0.15) is 0 Å². The minimum absolute atomic E-state index is 0.00312. The van der Waals surface area contributed by atoms with Crippen LogP contribution in [-0.2, 0) is 9.59 Å². The summed E-state index contributed by atoms with van der Waals surface area (Å²) in [6.45, 7) is 1.14. The number of phenolic OH excluding ortho intramolecular Hbond substituents is 1. The van der Waals surface area contributed by atoms with Gasteiger partial charge in [-0.1, -0.05) is 60.7 Å². The molecule has 3 aromatic rings. The average Bonchev–Trinajstić information content (AvgIpc) is 3.04. The average molecular weight is 431 g/mol. The van der Waals surface area contributed by atoms with Crippen LogP contribution in [0.4, 0.5) is 0 Å². The minimum atomic E-state index is -0.742. The first-order chi connectivity index (χ1) is 15.4. The Labute approximate surface area is 187 Å². The summed E-state index contributed by atoms with van der Waals surface area (Å²) in [6, 6.07) is 19.1. The molecule has 6 heteroatoms. The van der Waals surface area contributed by atoms with E-state index in [0.717, 1.165) is 17.5 Å². The molecule has 1 amide bonds. The SMILES string of the molecule is CN(C)CCCN1C(=O)C(=O)C(=C(O)c2ccc3ccccc3c2O)C1c1ccccc1. The summed E-state index contributed by atoms with van der Waals surface area (Å²) in [6.07, 6.45) is 0.685. The van der Waals surface area contributed by atoms with E-state index in [0.29, 0.717) is 18.4 Å². The smallest absolute Gasteiger partial charge is 0.295 e. The number of carbonyl (C=O) groups is 2. The van der Waals surface area contributed by atoms with Crippen LogP contribution in [0.3, 0.4) is 0 Å². The molecular weight excluding hydrogens is 404 g/mol. The van der Waals surface area contributed by atoms with E-state index in [1.54, 1.807) is 24.3 Å². The van der Waals surface area contributed by atoms with E-state index in [9.17, 15) is 19.8 Å². The Morgan fingerprint density at radius 3 is 2.38 bits per heavy atom. The summed E-state index contributed by atoms with van der Waals surface area (Å²) >= 11 is 0. The van der Waals surface area contributed by atoms with Crippen LogP contribution in [0.25, 0.3) is 16.5 Å². The molecule has 1 aliphatic rings. The monoisotopic (exact) mass is 430 g/mol. The van der Waals surface area contributed by atoms with E-state index in [2.05, 4.69) is 0 Å². The van der Waals surface area contributed by atoms with Crippen molar-refractivity contribution >= 4 is 28.2 Å². The summed E-state index contributed by atoms with van der Waals surface area (Å²) < 4.78 is 0. The molecule has 164 valence electrons. The Bertz CT molecular complexity index is 1200. The summed E-state index contributed by atoms with van der Waals surface area (Å²) in [5.74, 6) is -1.87. The normalized spacial score (nSPS) is 18.1. The molecule has 1 heterocycles. The molecular formula is C26H26N2O4. The third-order valence-electron chi connectivity index (χ3n) is 5.82. The number of ketones is 1. The van der Waals surface area contributed by atoms with Crippen molar-refractivity contribution in [2.75, 3.05) is 27.2 Å². The highest BCUT2D eigenvalue weighted by atomic mass is 16.3. The van der Waals surface area contributed by atoms with Gasteiger partial charge in [0.2, 0.25) is 0 Å². The van der Waals surface area contributed by atoms with Crippen LogP contribution in [0.15, 0.2) is 72.3 Å². The predicted molar refractivity (Wildman–Crippen MR) is 124 cm³/mol. The molecule has 0 bridgehead atoms. The quantitative estimate of drug-likeness (QED) is 0.352. The van der Waals surface area contributed by atoms with Crippen molar-refractivity contribution in [1.82, 2.24) is 9.80 Å². The predicted octanol–water partition coefficient (Wildman–Crippen LogP) is 3.92. The van der Waals surface area contributed by atoms with Crippen LogP contribution in [0.5, 0.6) is 5.75 Å². The van der Waals surface area contributed by atoms with Crippen molar-refractivity contribution in [2.24, 2.45) is 0 Å². The number of aromatic hydroxyl groups is 1. The fourth-order valence-corrected chi connectivity index (χ4v) is 4.24. The number of aliphatic hydroxyl groups excluding tert-OH is 1. The molecule has 1 aliphatic heterocycles. The van der Waals surface area contributed by atoms with Crippen molar-refractivity contribution in [3.8, 4) is 5.75 Å². The number of hydrogen-bond acceptors (Lipinski definition) is 5. The lowest BCUT2D eigenvalue weighted by molar-refractivity contribution is -0.139. The highest BCUT2D eigenvalue weighted by molar-refractivity contribution is 6.46. The Morgan fingerprint density at radius 2 is 1.66 bits per heavy atom. The van der Waals surface area contributed by atoms with Gasteiger partial charge in [0, 0.05) is 11.9 Å². The van der Waals surface area contributed by atoms with E-state index in [1.165, 1.54) is 4.90 Å². The number of nitrogens with zero attached hydrogens (tertiary/aromatic N) is 2. The lowest BCUT2D eigenvalue weighted by Crippen LogP contribution is -2.32. The number of aliphatic hydroxyl groups is 1. The third-order valence-corrected chi connectivity index (χ3v) is 5.82. The minimum Gasteiger partial charge on any atom is -0.507 e. The van der Waals surface area contributed by atoms with Crippen molar-refractivity contribution < 1.29 is 19.8 Å². The molecule has 0 saturated carbocycles. The fraction of sp³-hybridized carbons (Fsp3) is 0.231. The Balaban J connectivity index is 1.85. The molecule has 2 N–H and O–H groups in total. The first-order valence-corrected chi connectivity index (χ1v) is 10.6. The highest BCUT2D eigenvalue weighted by Gasteiger charge is 2.46. The van der Waals surface area contributed by atoms with E-state index >= 15 is 0 Å². The summed E-state index contributed by atoms with van der Waals surface area (Å²) in [4.78, 5) is 29.6. The number of amides is 1. The first kappa shape index (κ1) is 21.6. The standard InChI is InChI=1S/C26H26N2O4/c1-27(2)15-8-16-28-22(18-10-4-3-5-11-18)21(25(31)26(28)32)24(30)20-14-13-17-9-6-7-12-19(17)23(20)29/h3-7,9-14,22,29-30H,8,15-16H2,1-2H3. The van der Waals surface area contributed by atoms with Crippen molar-refractivity contribution in [2.45, 2.75) is 12.5 Å². The number of Topliss-reactive ketones (excluding diaryl/α,β-unsaturated/α-hetero) is 1. The van der Waals surface area contributed by atoms with Gasteiger partial charge in [0.15, 0.2) is 0 Å². The number of benzene rings is 3. The number of rotatable bonds is 6. The van der Waals surface area contributed by atoms with Gasteiger partial charge in [-0.25, -0.2) is 0 Å². The fourth-order valence-electron chi connectivity index (χ4n) is 4.24. The van der Waals surface area contributed by atoms with Gasteiger partial charge in [0.25, 0.3) is 11.7 Å². The van der Waals surface area contributed by atoms with Crippen LogP contribution in [-0.4, -0.2) is 58.9 Å². The Morgan fingerprint density at radius 1 is 0.969 bits per heavy atom. The third kappa shape index (κ3) is 3.85.